The first-order valence-corrected chi connectivity index (χ1v) is 9.27. The molecule has 0 fully saturated rings. The van der Waals surface area contributed by atoms with Crippen molar-refractivity contribution >= 4 is 55.6 Å². The molecule has 134 valence electrons. The van der Waals surface area contributed by atoms with Gasteiger partial charge in [0.05, 0.1) is 15.8 Å². The van der Waals surface area contributed by atoms with E-state index in [0.717, 1.165) is 21.6 Å². The molecule has 9 heteroatoms. The largest absolute Gasteiger partial charge is 0.463 e. The molecular formula is C17H13FN2O4S2. The molecule has 0 aliphatic rings. The summed E-state index contributed by atoms with van der Waals surface area (Å²) in [5.41, 5.74) is 0.933. The average molecular weight is 392 g/mol. The van der Waals surface area contributed by atoms with Crippen molar-refractivity contribution in [3.05, 3.63) is 46.3 Å². The summed E-state index contributed by atoms with van der Waals surface area (Å²) in [5.74, 6) is -1.74. The van der Waals surface area contributed by atoms with Gasteiger partial charge in [-0.15, -0.1) is 22.7 Å². The summed E-state index contributed by atoms with van der Waals surface area (Å²) >= 11 is 2.41. The quantitative estimate of drug-likeness (QED) is 0.376. The molecule has 0 unspecified atom stereocenters. The molecule has 0 radical (unpaired) electrons. The van der Waals surface area contributed by atoms with Crippen molar-refractivity contribution in [3.8, 4) is 0 Å². The number of alkyl halides is 1. The Balaban J connectivity index is 1.71. The molecule has 0 spiro atoms. The number of ether oxygens (including phenoxy) is 1. The number of halogens is 1. The number of amides is 1. The van der Waals surface area contributed by atoms with E-state index in [4.69, 9.17) is 0 Å². The van der Waals surface area contributed by atoms with E-state index in [2.05, 4.69) is 15.0 Å². The van der Waals surface area contributed by atoms with Gasteiger partial charge in [-0.2, -0.15) is 0 Å². The van der Waals surface area contributed by atoms with Crippen molar-refractivity contribution in [1.29, 1.82) is 0 Å². The molecule has 1 aromatic carbocycles. The standard InChI is InChI=1S/C17H13FN2O4S2/c18-6-7-24-14(22)9-12(21)10-5-8-25-16(10)20-15(23)17-19-11-3-1-2-4-13(11)26-17/h1-5,8H,6-7,9H2,(H,20,23). The van der Waals surface area contributed by atoms with Crippen LogP contribution in [0.4, 0.5) is 9.39 Å². The fraction of sp³-hybridized carbons (Fsp3) is 0.176. The summed E-state index contributed by atoms with van der Waals surface area (Å²) in [4.78, 5) is 40.4. The van der Waals surface area contributed by atoms with Gasteiger partial charge in [-0.3, -0.25) is 14.4 Å². The maximum atomic E-state index is 12.4. The molecule has 0 aliphatic heterocycles. The number of carbonyl (C=O) groups is 3. The number of rotatable bonds is 7. The summed E-state index contributed by atoms with van der Waals surface area (Å²) in [7, 11) is 0. The van der Waals surface area contributed by atoms with E-state index in [0.29, 0.717) is 5.00 Å². The van der Waals surface area contributed by atoms with E-state index in [9.17, 15) is 18.8 Å². The maximum Gasteiger partial charge on any atom is 0.313 e. The normalized spacial score (nSPS) is 10.7. The zero-order valence-corrected chi connectivity index (χ0v) is 15.0. The fourth-order valence-electron chi connectivity index (χ4n) is 2.18. The number of esters is 1. The predicted octanol–water partition coefficient (Wildman–Crippen LogP) is 3.70. The molecule has 26 heavy (non-hydrogen) atoms. The zero-order chi connectivity index (χ0) is 18.5. The number of nitrogens with zero attached hydrogens (tertiary/aromatic N) is 1. The van der Waals surface area contributed by atoms with E-state index in [-0.39, 0.29) is 17.2 Å². The first-order valence-electron chi connectivity index (χ1n) is 7.57. The van der Waals surface area contributed by atoms with Gasteiger partial charge >= 0.3 is 5.97 Å². The van der Waals surface area contributed by atoms with E-state index < -0.39 is 30.8 Å². The maximum absolute atomic E-state index is 12.4. The van der Waals surface area contributed by atoms with Gasteiger partial charge in [0.15, 0.2) is 10.8 Å². The third-order valence-corrected chi connectivity index (χ3v) is 5.19. The van der Waals surface area contributed by atoms with E-state index in [1.165, 1.54) is 17.4 Å². The number of fused-ring (bicyclic) bond motifs is 1. The Bertz CT molecular complexity index is 933. The molecule has 2 aromatic heterocycles. The highest BCUT2D eigenvalue weighted by Crippen LogP contribution is 2.27. The van der Waals surface area contributed by atoms with Crippen molar-refractivity contribution in [2.45, 2.75) is 6.42 Å². The Labute approximate surface area is 155 Å². The lowest BCUT2D eigenvalue weighted by atomic mass is 10.1. The Morgan fingerprint density at radius 2 is 2.00 bits per heavy atom. The molecule has 0 saturated heterocycles. The monoisotopic (exact) mass is 392 g/mol. The molecule has 6 nitrogen and oxygen atoms in total. The lowest BCUT2D eigenvalue weighted by molar-refractivity contribution is -0.142. The lowest BCUT2D eigenvalue weighted by Crippen LogP contribution is -2.16. The van der Waals surface area contributed by atoms with Crippen LogP contribution in [0.25, 0.3) is 10.2 Å². The third kappa shape index (κ3) is 4.12. The number of Topliss-reactive ketones (excluding diaryl/α,β-unsaturated/α-hetero) is 1. The Hall–Kier alpha value is -2.65. The van der Waals surface area contributed by atoms with Crippen LogP contribution in [0.2, 0.25) is 0 Å². The number of thiophene rings is 1. The minimum Gasteiger partial charge on any atom is -0.463 e. The average Bonchev–Trinajstić information content (AvgIpc) is 3.26. The molecule has 0 saturated carbocycles. The number of aromatic nitrogens is 1. The highest BCUT2D eigenvalue weighted by Gasteiger charge is 2.20. The first kappa shape index (κ1) is 18.2. The minimum atomic E-state index is -0.804. The van der Waals surface area contributed by atoms with Crippen LogP contribution in [-0.4, -0.2) is 35.9 Å². The van der Waals surface area contributed by atoms with Gasteiger partial charge in [-0.05, 0) is 23.6 Å². The number of anilines is 1. The van der Waals surface area contributed by atoms with Crippen LogP contribution in [0, 0.1) is 0 Å². The molecule has 3 rings (SSSR count). The second kappa shape index (κ2) is 8.15. The van der Waals surface area contributed by atoms with E-state index in [1.807, 2.05) is 24.3 Å². The van der Waals surface area contributed by atoms with Crippen LogP contribution < -0.4 is 5.32 Å². The zero-order valence-electron chi connectivity index (χ0n) is 13.4. The van der Waals surface area contributed by atoms with Gasteiger partial charge in [-0.25, -0.2) is 9.37 Å². The van der Waals surface area contributed by atoms with Gasteiger partial charge in [-0.1, -0.05) is 12.1 Å². The number of hydrogen-bond acceptors (Lipinski definition) is 7. The van der Waals surface area contributed by atoms with Gasteiger partial charge in [0.1, 0.15) is 24.7 Å². The number of hydrogen-bond donors (Lipinski definition) is 1. The van der Waals surface area contributed by atoms with Crippen molar-refractivity contribution in [2.75, 3.05) is 18.6 Å². The summed E-state index contributed by atoms with van der Waals surface area (Å²) in [6.45, 7) is -1.18. The highest BCUT2D eigenvalue weighted by molar-refractivity contribution is 7.20. The minimum absolute atomic E-state index is 0.210. The van der Waals surface area contributed by atoms with Gasteiger partial charge in [0.25, 0.3) is 5.91 Å². The van der Waals surface area contributed by atoms with Gasteiger partial charge < -0.3 is 10.1 Å². The van der Waals surface area contributed by atoms with Crippen molar-refractivity contribution < 1.29 is 23.5 Å². The molecule has 1 N–H and O–H groups in total. The van der Waals surface area contributed by atoms with Crippen LogP contribution in [0.15, 0.2) is 35.7 Å². The van der Waals surface area contributed by atoms with Crippen LogP contribution in [0.5, 0.6) is 0 Å². The molecule has 1 amide bonds. The molecule has 2 heterocycles. The summed E-state index contributed by atoms with van der Waals surface area (Å²) < 4.78 is 17.4. The molecule has 0 aliphatic carbocycles. The number of ketones is 1. The highest BCUT2D eigenvalue weighted by atomic mass is 32.1. The molecule has 3 aromatic rings. The van der Waals surface area contributed by atoms with E-state index >= 15 is 0 Å². The number of carbonyl (C=O) groups excluding carboxylic acids is 3. The van der Waals surface area contributed by atoms with Crippen LogP contribution in [0.1, 0.15) is 26.6 Å². The Kier molecular flexibility index (Phi) is 5.69. The van der Waals surface area contributed by atoms with Gasteiger partial charge in [0.2, 0.25) is 0 Å². The van der Waals surface area contributed by atoms with Crippen LogP contribution in [-0.2, 0) is 9.53 Å². The summed E-state index contributed by atoms with van der Waals surface area (Å²) in [5, 5.41) is 4.90. The van der Waals surface area contributed by atoms with Crippen molar-refractivity contribution in [2.24, 2.45) is 0 Å². The lowest BCUT2D eigenvalue weighted by Gasteiger charge is -2.04. The summed E-state index contributed by atoms with van der Waals surface area (Å²) in [6.07, 6.45) is -0.513. The third-order valence-electron chi connectivity index (χ3n) is 3.33. The number of nitrogens with one attached hydrogen (secondary N) is 1. The topological polar surface area (TPSA) is 85.4 Å². The predicted molar refractivity (Wildman–Crippen MR) is 97.8 cm³/mol. The molecule has 0 bridgehead atoms. The SMILES string of the molecule is O=C(CC(=O)c1ccsc1NC(=O)c1nc2ccccc2s1)OCCF. The number of para-hydroxylation sites is 1. The Morgan fingerprint density at radius 1 is 1.19 bits per heavy atom. The molecular weight excluding hydrogens is 379 g/mol. The summed E-state index contributed by atoms with van der Waals surface area (Å²) in [6, 6.07) is 8.89. The number of thiazole rings is 1. The Morgan fingerprint density at radius 3 is 2.77 bits per heavy atom. The number of benzene rings is 1. The first-order chi connectivity index (χ1) is 12.6. The smallest absolute Gasteiger partial charge is 0.313 e. The van der Waals surface area contributed by atoms with Crippen molar-refractivity contribution in [3.63, 3.8) is 0 Å². The van der Waals surface area contributed by atoms with Gasteiger partial charge in [0, 0.05) is 0 Å². The van der Waals surface area contributed by atoms with Crippen LogP contribution in [0.3, 0.4) is 0 Å². The van der Waals surface area contributed by atoms with Crippen LogP contribution >= 0.6 is 22.7 Å². The second-order valence-electron chi connectivity index (χ2n) is 5.11. The van der Waals surface area contributed by atoms with E-state index in [1.54, 1.807) is 5.38 Å². The second-order valence-corrected chi connectivity index (χ2v) is 7.06. The van der Waals surface area contributed by atoms with Crippen molar-refractivity contribution in [1.82, 2.24) is 4.98 Å². The fourth-order valence-corrected chi connectivity index (χ4v) is 3.84. The molecule has 0 atom stereocenters.